The smallest absolute Gasteiger partial charge is 0.337 e. The van der Waals surface area contributed by atoms with Crippen molar-refractivity contribution in [3.05, 3.63) is 53.6 Å². The Kier molecular flexibility index (Phi) is 6.88. The molecule has 0 bridgehead atoms. The van der Waals surface area contributed by atoms with E-state index in [0.29, 0.717) is 11.1 Å². The van der Waals surface area contributed by atoms with Gasteiger partial charge in [-0.05, 0) is 73.7 Å². The highest BCUT2D eigenvalue weighted by atomic mass is 16.5. The Morgan fingerprint density at radius 3 is 2.59 bits per heavy atom. The lowest BCUT2D eigenvalue weighted by Gasteiger charge is -2.26. The molecule has 0 atom stereocenters. The van der Waals surface area contributed by atoms with Crippen molar-refractivity contribution in [1.82, 2.24) is 5.32 Å². The molecule has 0 aromatic heterocycles. The van der Waals surface area contributed by atoms with Gasteiger partial charge in [0.05, 0.1) is 12.7 Å². The van der Waals surface area contributed by atoms with Crippen LogP contribution in [0.3, 0.4) is 0 Å². The van der Waals surface area contributed by atoms with Crippen molar-refractivity contribution >= 4 is 17.5 Å². The summed E-state index contributed by atoms with van der Waals surface area (Å²) in [7, 11) is 3.46. The molecule has 0 radical (unpaired) electrons. The number of nitrogens with two attached hydrogens (primary N) is 1. The van der Waals surface area contributed by atoms with Gasteiger partial charge in [-0.1, -0.05) is 18.2 Å². The minimum Gasteiger partial charge on any atom is -0.465 e. The van der Waals surface area contributed by atoms with Gasteiger partial charge in [0.25, 0.3) is 0 Å². The minimum absolute atomic E-state index is 0.0234. The summed E-state index contributed by atoms with van der Waals surface area (Å²) in [4.78, 5) is 14.5. The maximum atomic E-state index is 12.3. The van der Waals surface area contributed by atoms with Crippen molar-refractivity contribution < 1.29 is 9.53 Å². The quantitative estimate of drug-likeness (QED) is 0.381. The van der Waals surface area contributed by atoms with Crippen LogP contribution >= 0.6 is 0 Å². The zero-order valence-electron chi connectivity index (χ0n) is 17.2. The molecule has 2 aromatic carbocycles. The van der Waals surface area contributed by atoms with Crippen LogP contribution < -0.4 is 16.0 Å². The van der Waals surface area contributed by atoms with E-state index in [1.807, 2.05) is 36.4 Å². The third-order valence-corrected chi connectivity index (χ3v) is 5.62. The number of methoxy groups -OCH3 is 1. The Morgan fingerprint density at radius 1 is 1.17 bits per heavy atom. The number of nitrogen functional groups attached to an aromatic ring is 1. The normalized spacial score (nSPS) is 14.4. The highest BCUT2D eigenvalue weighted by Crippen LogP contribution is 2.28. The first-order chi connectivity index (χ1) is 14.0. The summed E-state index contributed by atoms with van der Waals surface area (Å²) in [6.07, 6.45) is 3.58. The van der Waals surface area contributed by atoms with Crippen molar-refractivity contribution in [3.8, 4) is 11.1 Å². The van der Waals surface area contributed by atoms with Gasteiger partial charge in [0.1, 0.15) is 5.84 Å². The molecule has 6 nitrogen and oxygen atoms in total. The van der Waals surface area contributed by atoms with Crippen LogP contribution in [-0.4, -0.2) is 45.6 Å². The van der Waals surface area contributed by atoms with Gasteiger partial charge in [0, 0.05) is 24.8 Å². The molecule has 1 aliphatic heterocycles. The highest BCUT2D eigenvalue weighted by Gasteiger charge is 2.16. The van der Waals surface area contributed by atoms with Crippen LogP contribution in [-0.2, 0) is 4.74 Å². The number of carbonyl (C=O) groups is 1. The Balaban J connectivity index is 1.88. The summed E-state index contributed by atoms with van der Waals surface area (Å²) in [6.45, 7) is 3.13. The molecule has 1 aliphatic rings. The van der Waals surface area contributed by atoms with Crippen LogP contribution in [0.1, 0.15) is 35.2 Å². The number of hydrogen-bond donors (Lipinski definition) is 3. The predicted molar refractivity (Wildman–Crippen MR) is 118 cm³/mol. The molecule has 6 heteroatoms. The number of esters is 1. The summed E-state index contributed by atoms with van der Waals surface area (Å²) >= 11 is 0. The van der Waals surface area contributed by atoms with Crippen LogP contribution in [0.5, 0.6) is 0 Å². The molecule has 0 aliphatic carbocycles. The lowest BCUT2D eigenvalue weighted by molar-refractivity contribution is 0.0601. The molecule has 1 saturated heterocycles. The van der Waals surface area contributed by atoms with Gasteiger partial charge in [-0.2, -0.15) is 0 Å². The number of anilines is 1. The van der Waals surface area contributed by atoms with Crippen LogP contribution in [0.15, 0.2) is 42.5 Å². The Bertz CT molecular complexity index is 875. The minimum atomic E-state index is -0.359. The number of benzene rings is 2. The number of nitrogens with zero attached hydrogens (tertiary/aromatic N) is 1. The third-order valence-electron chi connectivity index (χ3n) is 5.62. The maximum absolute atomic E-state index is 12.3. The van der Waals surface area contributed by atoms with E-state index >= 15 is 0 Å². The number of hydrogen-bond acceptors (Lipinski definition) is 5. The van der Waals surface area contributed by atoms with Gasteiger partial charge >= 0.3 is 5.97 Å². The zero-order chi connectivity index (χ0) is 20.8. The largest absolute Gasteiger partial charge is 0.465 e. The van der Waals surface area contributed by atoms with Gasteiger partial charge < -0.3 is 20.7 Å². The summed E-state index contributed by atoms with van der Waals surface area (Å²) in [5.41, 5.74) is 9.61. The number of amidine groups is 1. The van der Waals surface area contributed by atoms with Gasteiger partial charge in [0.2, 0.25) is 0 Å². The second kappa shape index (κ2) is 9.56. The van der Waals surface area contributed by atoms with E-state index in [4.69, 9.17) is 15.9 Å². The number of rotatable bonds is 7. The van der Waals surface area contributed by atoms with Crippen LogP contribution in [0, 0.1) is 11.3 Å². The Labute approximate surface area is 172 Å². The average Bonchev–Trinajstić information content (AvgIpc) is 2.77. The van der Waals surface area contributed by atoms with E-state index in [-0.39, 0.29) is 11.8 Å². The molecule has 1 fully saturated rings. The SMILES string of the molecule is COC(=O)c1cc(-c2cccc(C(=N)N)c2)cc(N(C)CCC2CCNCC2)c1. The first kappa shape index (κ1) is 20.9. The molecule has 0 amide bonds. The zero-order valence-corrected chi connectivity index (χ0v) is 17.2. The molecule has 2 aromatic rings. The molecular formula is C23H30N4O2. The molecule has 1 heterocycles. The van der Waals surface area contributed by atoms with Gasteiger partial charge in [0.15, 0.2) is 0 Å². The molecular weight excluding hydrogens is 364 g/mol. The molecule has 0 spiro atoms. The van der Waals surface area contributed by atoms with Crippen molar-refractivity contribution in [3.63, 3.8) is 0 Å². The van der Waals surface area contributed by atoms with Crippen molar-refractivity contribution in [2.24, 2.45) is 11.7 Å². The average molecular weight is 395 g/mol. The van der Waals surface area contributed by atoms with Crippen LogP contribution in [0.25, 0.3) is 11.1 Å². The van der Waals surface area contributed by atoms with Gasteiger partial charge in [-0.15, -0.1) is 0 Å². The van der Waals surface area contributed by atoms with E-state index in [9.17, 15) is 4.79 Å². The number of ether oxygens (including phenoxy) is 1. The van der Waals surface area contributed by atoms with E-state index in [0.717, 1.165) is 48.8 Å². The summed E-state index contributed by atoms with van der Waals surface area (Å²) in [5, 5.41) is 11.1. The monoisotopic (exact) mass is 394 g/mol. The molecule has 154 valence electrons. The maximum Gasteiger partial charge on any atom is 0.337 e. The van der Waals surface area contributed by atoms with E-state index in [1.54, 1.807) is 0 Å². The van der Waals surface area contributed by atoms with E-state index in [1.165, 1.54) is 20.0 Å². The van der Waals surface area contributed by atoms with Crippen LogP contribution in [0.2, 0.25) is 0 Å². The fourth-order valence-corrected chi connectivity index (χ4v) is 3.78. The molecule has 29 heavy (non-hydrogen) atoms. The third kappa shape index (κ3) is 5.35. The first-order valence-electron chi connectivity index (χ1n) is 10.1. The highest BCUT2D eigenvalue weighted by molar-refractivity contribution is 5.97. The van der Waals surface area contributed by atoms with Gasteiger partial charge in [-0.3, -0.25) is 5.41 Å². The summed E-state index contributed by atoms with van der Waals surface area (Å²) in [6, 6.07) is 13.3. The number of carbonyl (C=O) groups excluding carboxylic acids is 1. The fraction of sp³-hybridized carbons (Fsp3) is 0.391. The Hall–Kier alpha value is -2.86. The Morgan fingerprint density at radius 2 is 1.90 bits per heavy atom. The predicted octanol–water partition coefficient (Wildman–Crippen LogP) is 3.25. The summed E-state index contributed by atoms with van der Waals surface area (Å²) in [5.74, 6) is 0.409. The lowest BCUT2D eigenvalue weighted by atomic mass is 9.94. The first-order valence-corrected chi connectivity index (χ1v) is 10.1. The number of piperidine rings is 1. The molecule has 0 unspecified atom stereocenters. The van der Waals surface area contributed by atoms with Gasteiger partial charge in [-0.25, -0.2) is 4.79 Å². The van der Waals surface area contributed by atoms with E-state index in [2.05, 4.69) is 23.3 Å². The molecule has 3 rings (SSSR count). The lowest BCUT2D eigenvalue weighted by Crippen LogP contribution is -2.30. The second-order valence-corrected chi connectivity index (χ2v) is 7.66. The topological polar surface area (TPSA) is 91.4 Å². The van der Waals surface area contributed by atoms with Crippen molar-refractivity contribution in [2.75, 3.05) is 38.7 Å². The molecule has 0 saturated carbocycles. The number of nitrogens with one attached hydrogen (secondary N) is 2. The van der Waals surface area contributed by atoms with E-state index < -0.39 is 0 Å². The van der Waals surface area contributed by atoms with Crippen LogP contribution in [0.4, 0.5) is 5.69 Å². The second-order valence-electron chi connectivity index (χ2n) is 7.66. The molecule has 4 N–H and O–H groups in total. The van der Waals surface area contributed by atoms with Crippen molar-refractivity contribution in [2.45, 2.75) is 19.3 Å². The summed E-state index contributed by atoms with van der Waals surface area (Å²) < 4.78 is 4.96. The van der Waals surface area contributed by atoms with Crippen molar-refractivity contribution in [1.29, 1.82) is 5.41 Å². The standard InChI is InChI=1S/C23H30N4O2/c1-27(11-8-16-6-9-26-10-7-16)21-14-19(13-20(15-21)23(28)29-2)17-4-3-5-18(12-17)22(24)25/h3-5,12-16,26H,6-11H2,1-2H3,(H3,24,25). The fourth-order valence-electron chi connectivity index (χ4n) is 3.78.